The van der Waals surface area contributed by atoms with Crippen molar-refractivity contribution in [3.63, 3.8) is 0 Å². The Morgan fingerprint density at radius 2 is 1.22 bits per heavy atom. The first-order valence-electron chi connectivity index (χ1n) is 13.1. The highest BCUT2D eigenvalue weighted by Crippen LogP contribution is 2.27. The van der Waals surface area contributed by atoms with Gasteiger partial charge in [-0.1, -0.05) is 31.7 Å². The fourth-order valence-electron chi connectivity index (χ4n) is 4.01. The van der Waals surface area contributed by atoms with Gasteiger partial charge in [0.1, 0.15) is 23.3 Å². The molecule has 0 saturated heterocycles. The van der Waals surface area contributed by atoms with Crippen LogP contribution >= 0.6 is 15.9 Å². The van der Waals surface area contributed by atoms with E-state index in [4.69, 9.17) is 21.5 Å². The molecule has 0 unspecified atom stereocenters. The molecule has 0 fully saturated rings. The van der Waals surface area contributed by atoms with Crippen LogP contribution in [0, 0.1) is 11.6 Å². The van der Waals surface area contributed by atoms with Crippen LogP contribution in [0.2, 0.25) is 0 Å². The summed E-state index contributed by atoms with van der Waals surface area (Å²) in [6, 6.07) is 23.3. The molecule has 4 aromatic heterocycles. The summed E-state index contributed by atoms with van der Waals surface area (Å²) < 4.78 is 31.2. The summed E-state index contributed by atoms with van der Waals surface area (Å²) in [6.45, 7) is 0. The smallest absolute Gasteiger partial charge is 0.422 e. The molecule has 0 spiro atoms. The van der Waals surface area contributed by atoms with Gasteiger partial charge in [0.15, 0.2) is 0 Å². The highest BCUT2D eigenvalue weighted by atomic mass is 79.9. The summed E-state index contributed by atoms with van der Waals surface area (Å²) in [6.07, 6.45) is 3.34. The molecule has 2 aromatic carbocycles. The van der Waals surface area contributed by atoms with Crippen molar-refractivity contribution in [3.05, 3.63) is 113 Å². The summed E-state index contributed by atoms with van der Waals surface area (Å²) in [5, 5.41) is 26.4. The van der Waals surface area contributed by atoms with Crippen LogP contribution < -0.4 is 17.1 Å². The number of anilines is 2. The van der Waals surface area contributed by atoms with Crippen LogP contribution in [-0.4, -0.2) is 46.7 Å². The average molecular weight is 677 g/mol. The minimum atomic E-state index is -1.61. The van der Waals surface area contributed by atoms with E-state index in [-0.39, 0.29) is 24.7 Å². The van der Waals surface area contributed by atoms with Gasteiger partial charge < -0.3 is 21.5 Å². The lowest BCUT2D eigenvalue weighted by molar-refractivity contribution is 0.421. The van der Waals surface area contributed by atoms with Gasteiger partial charge in [-0.25, -0.2) is 18.7 Å². The summed E-state index contributed by atoms with van der Waals surface area (Å²) >= 11 is 3.23. The zero-order valence-corrected chi connectivity index (χ0v) is 25.3. The minimum Gasteiger partial charge on any atom is -0.422 e. The van der Waals surface area contributed by atoms with Crippen molar-refractivity contribution in [2.75, 3.05) is 11.5 Å². The first kappa shape index (κ1) is 34.6. The third kappa shape index (κ3) is 9.05. The van der Waals surface area contributed by atoms with Crippen LogP contribution in [0.4, 0.5) is 20.4 Å². The van der Waals surface area contributed by atoms with Gasteiger partial charge in [-0.15, -0.1) is 0 Å². The van der Waals surface area contributed by atoms with Gasteiger partial charge in [0.2, 0.25) is 0 Å². The van der Waals surface area contributed by atoms with E-state index in [1.807, 2.05) is 25.2 Å². The Labute approximate surface area is 268 Å². The number of benzene rings is 2. The van der Waals surface area contributed by atoms with E-state index in [2.05, 4.69) is 36.1 Å². The fourth-order valence-corrected chi connectivity index (χ4v) is 4.24. The van der Waals surface area contributed by atoms with Gasteiger partial charge in [-0.2, -0.15) is 10.2 Å². The third-order valence-corrected chi connectivity index (χ3v) is 6.66. The highest BCUT2D eigenvalue weighted by Gasteiger charge is 2.19. The molecule has 0 aliphatic carbocycles. The van der Waals surface area contributed by atoms with Gasteiger partial charge in [0.25, 0.3) is 0 Å². The summed E-state index contributed by atoms with van der Waals surface area (Å²) in [5.41, 5.74) is 14.6. The second kappa shape index (κ2) is 15.7. The molecule has 0 aliphatic rings. The van der Waals surface area contributed by atoms with E-state index in [0.29, 0.717) is 34.2 Å². The van der Waals surface area contributed by atoms with E-state index in [0.717, 1.165) is 15.7 Å². The molecule has 0 radical (unpaired) electrons. The Kier molecular flexibility index (Phi) is 12.1. The normalized spacial score (nSPS) is 10.1. The van der Waals surface area contributed by atoms with Crippen molar-refractivity contribution in [1.82, 2.24) is 29.5 Å². The number of hydrogen-bond donors (Lipinski definition) is 4. The van der Waals surface area contributed by atoms with Gasteiger partial charge in [-0.05, 0) is 76.6 Å². The Morgan fingerprint density at radius 1 is 0.711 bits per heavy atom. The van der Waals surface area contributed by atoms with Crippen LogP contribution in [0.3, 0.4) is 0 Å². The number of aryl methyl sites for hydroxylation is 2. The Balaban J connectivity index is 0.000000198. The molecule has 6 aromatic rings. The molecule has 10 nitrogen and oxygen atoms in total. The predicted octanol–water partition coefficient (Wildman–Crippen LogP) is 4.84. The van der Waals surface area contributed by atoms with Crippen LogP contribution in [0.25, 0.3) is 33.8 Å². The van der Waals surface area contributed by atoms with Crippen molar-refractivity contribution in [1.29, 1.82) is 0 Å². The molecular formula is C31H32BBrF2N8O2. The third-order valence-electron chi connectivity index (χ3n) is 6.19. The number of aromatic nitrogens is 6. The lowest BCUT2D eigenvalue weighted by atomic mass is 9.85. The van der Waals surface area contributed by atoms with Crippen LogP contribution in [-0.2, 0) is 14.1 Å². The van der Waals surface area contributed by atoms with E-state index in [1.54, 1.807) is 72.7 Å². The van der Waals surface area contributed by atoms with Crippen molar-refractivity contribution in [2.24, 2.45) is 14.1 Å². The van der Waals surface area contributed by atoms with E-state index >= 15 is 0 Å². The maximum atomic E-state index is 13.8. The van der Waals surface area contributed by atoms with Crippen molar-refractivity contribution < 1.29 is 18.8 Å². The molecule has 6 N–H and O–H groups in total. The van der Waals surface area contributed by atoms with Crippen molar-refractivity contribution in [2.45, 2.75) is 7.43 Å². The van der Waals surface area contributed by atoms with Gasteiger partial charge in [0.05, 0.1) is 22.7 Å². The van der Waals surface area contributed by atoms with E-state index < -0.39 is 7.12 Å². The van der Waals surface area contributed by atoms with Crippen LogP contribution in [0.5, 0.6) is 0 Å². The van der Waals surface area contributed by atoms with Gasteiger partial charge in [0, 0.05) is 47.7 Å². The molecule has 232 valence electrons. The van der Waals surface area contributed by atoms with Gasteiger partial charge in [-0.3, -0.25) is 9.36 Å². The minimum absolute atomic E-state index is 0. The monoisotopic (exact) mass is 676 g/mol. The number of hydrogen-bond acceptors (Lipinski definition) is 8. The van der Waals surface area contributed by atoms with Crippen molar-refractivity contribution in [3.8, 4) is 33.8 Å². The zero-order valence-electron chi connectivity index (χ0n) is 23.7. The van der Waals surface area contributed by atoms with Crippen molar-refractivity contribution >= 4 is 40.3 Å². The molecule has 0 aliphatic heterocycles. The Morgan fingerprint density at radius 3 is 1.67 bits per heavy atom. The quantitative estimate of drug-likeness (QED) is 0.194. The molecule has 0 bridgehead atoms. The first-order chi connectivity index (χ1) is 21.0. The standard InChI is InChI=1S/C15H13FN4.C10H10BFN2O2.C5H5BrN2.CH4/c1-20-14(10-6-7-15(17)18-9-10)8-13(19-20)11-4-2-3-5-12(11)16;1-14-10(11(15)16)6-9(13-14)7-4-2-3-5-8(7)12;6-4-1-2-5(7)8-3-4;/h2-9H,1H3,(H2,17,18);2-6,15-16H,1H3;1-3H,(H2,7,8);1H4. The number of pyridine rings is 2. The number of nitrogen functional groups attached to an aromatic ring is 2. The second-order valence-electron chi connectivity index (χ2n) is 9.32. The topological polar surface area (TPSA) is 154 Å². The lowest BCUT2D eigenvalue weighted by Gasteiger charge is -2.00. The number of nitrogens with two attached hydrogens (primary N) is 2. The predicted molar refractivity (Wildman–Crippen MR) is 178 cm³/mol. The summed E-state index contributed by atoms with van der Waals surface area (Å²) in [7, 11) is 1.77. The number of rotatable bonds is 4. The van der Waals surface area contributed by atoms with Crippen LogP contribution in [0.1, 0.15) is 7.43 Å². The van der Waals surface area contributed by atoms with E-state index in [9.17, 15) is 8.78 Å². The Hall–Kier alpha value is -4.92. The molecule has 45 heavy (non-hydrogen) atoms. The van der Waals surface area contributed by atoms with E-state index in [1.165, 1.54) is 22.9 Å². The molecule has 14 heteroatoms. The zero-order chi connectivity index (χ0) is 31.8. The Bertz CT molecular complexity index is 1810. The SMILES string of the molecule is C.Cn1nc(-c2ccccc2F)cc1-c1ccc(N)nc1.Cn1nc(-c2ccccc2F)cc1B(O)O.Nc1ccc(Br)cn1. The summed E-state index contributed by atoms with van der Waals surface area (Å²) in [5.74, 6) is 0.339. The number of halogens is 3. The van der Waals surface area contributed by atoms with Crippen LogP contribution in [0.15, 0.2) is 102 Å². The molecule has 4 heterocycles. The lowest BCUT2D eigenvalue weighted by Crippen LogP contribution is -2.35. The van der Waals surface area contributed by atoms with Gasteiger partial charge >= 0.3 is 7.12 Å². The molecule has 0 saturated carbocycles. The fraction of sp³-hybridized carbons (Fsp3) is 0.0968. The largest absolute Gasteiger partial charge is 0.507 e. The molecule has 0 amide bonds. The average Bonchev–Trinajstić information content (AvgIpc) is 3.59. The maximum Gasteiger partial charge on any atom is 0.507 e. The summed E-state index contributed by atoms with van der Waals surface area (Å²) in [4.78, 5) is 7.87. The second-order valence-corrected chi connectivity index (χ2v) is 10.2. The molecule has 6 rings (SSSR count). The number of nitrogens with zero attached hydrogens (tertiary/aromatic N) is 6. The first-order valence-corrected chi connectivity index (χ1v) is 13.9. The molecule has 0 atom stereocenters. The maximum absolute atomic E-state index is 13.8. The highest BCUT2D eigenvalue weighted by molar-refractivity contribution is 9.10. The molecular weight excluding hydrogens is 645 g/mol.